The molecule has 3 nitrogen and oxygen atoms in total. The number of carbonyl (C=O) groups is 1. The van der Waals surface area contributed by atoms with Crippen molar-refractivity contribution in [2.24, 2.45) is 0 Å². The molecule has 0 aliphatic rings. The van der Waals surface area contributed by atoms with E-state index in [2.05, 4.69) is 4.98 Å². The molecular weight excluding hydrogens is 248 g/mol. The minimum Gasteiger partial charge on any atom is -0.383 e. The second kappa shape index (κ2) is 8.70. The summed E-state index contributed by atoms with van der Waals surface area (Å²) >= 11 is 5.88. The molecule has 4 heteroatoms. The first kappa shape index (κ1) is 16.6. The van der Waals surface area contributed by atoms with Gasteiger partial charge in [0.1, 0.15) is 5.15 Å². The number of halogens is 1. The van der Waals surface area contributed by atoms with Crippen molar-refractivity contribution in [2.75, 3.05) is 14.1 Å². The summed E-state index contributed by atoms with van der Waals surface area (Å²) < 4.78 is 0. The summed E-state index contributed by atoms with van der Waals surface area (Å²) in [6.45, 7) is 5.94. The van der Waals surface area contributed by atoms with Crippen LogP contribution in [0.3, 0.4) is 0 Å². The van der Waals surface area contributed by atoms with Gasteiger partial charge in [-0.15, -0.1) is 0 Å². The van der Waals surface area contributed by atoms with Gasteiger partial charge in [-0.2, -0.15) is 0 Å². The van der Waals surface area contributed by atoms with E-state index in [9.17, 15) is 4.79 Å². The van der Waals surface area contributed by atoms with Crippen LogP contribution in [0.1, 0.15) is 37.6 Å². The molecule has 0 aliphatic carbocycles. The molecule has 1 aromatic rings. The Morgan fingerprint density at radius 3 is 2.50 bits per heavy atom. The lowest BCUT2D eigenvalue weighted by Crippen LogP contribution is -2.10. The van der Waals surface area contributed by atoms with E-state index in [0.29, 0.717) is 12.0 Å². The van der Waals surface area contributed by atoms with Crippen LogP contribution in [0.2, 0.25) is 5.15 Å². The van der Waals surface area contributed by atoms with E-state index in [1.54, 1.807) is 18.3 Å². The molecule has 0 unspecified atom stereocenters. The van der Waals surface area contributed by atoms with E-state index in [1.165, 1.54) is 0 Å². The van der Waals surface area contributed by atoms with Crippen LogP contribution in [-0.2, 0) is 0 Å². The Balaban J connectivity index is 0.00000137. The number of hydrogen-bond donors (Lipinski definition) is 0. The Labute approximate surface area is 114 Å². The maximum Gasteiger partial charge on any atom is 0.193 e. The average molecular weight is 269 g/mol. The Hall–Kier alpha value is -1.35. The SMILES string of the molecule is CC.CC/C(=C\N(C)C)C(=O)c1cccnc1Cl. The molecule has 0 fully saturated rings. The Morgan fingerprint density at radius 2 is 2.06 bits per heavy atom. The van der Waals surface area contributed by atoms with Gasteiger partial charge in [0.05, 0.1) is 5.56 Å². The predicted octanol–water partition coefficient (Wildman–Crippen LogP) is 3.80. The zero-order valence-corrected chi connectivity index (χ0v) is 12.5. The smallest absolute Gasteiger partial charge is 0.193 e. The largest absolute Gasteiger partial charge is 0.383 e. The van der Waals surface area contributed by atoms with E-state index in [1.807, 2.05) is 46.0 Å². The monoisotopic (exact) mass is 268 g/mol. The average Bonchev–Trinajstić information content (AvgIpc) is 2.38. The number of Topliss-reactive ketones (excluding diaryl/α,β-unsaturated/α-hetero) is 1. The molecule has 1 rings (SSSR count). The molecule has 100 valence electrons. The molecule has 0 aliphatic heterocycles. The second-order valence-corrected chi connectivity index (χ2v) is 4.00. The van der Waals surface area contributed by atoms with Gasteiger partial charge in [0, 0.05) is 32.1 Å². The summed E-state index contributed by atoms with van der Waals surface area (Å²) in [5.74, 6) is -0.0608. The van der Waals surface area contributed by atoms with Crippen molar-refractivity contribution < 1.29 is 4.79 Å². The molecular formula is C14H21ClN2O. The van der Waals surface area contributed by atoms with Gasteiger partial charge in [0.15, 0.2) is 5.78 Å². The van der Waals surface area contributed by atoms with Crippen molar-refractivity contribution in [1.82, 2.24) is 9.88 Å². The number of rotatable bonds is 4. The van der Waals surface area contributed by atoms with E-state index in [0.717, 1.165) is 5.57 Å². The summed E-state index contributed by atoms with van der Waals surface area (Å²) in [5.41, 5.74) is 1.18. The minimum atomic E-state index is -0.0608. The molecule has 0 aromatic carbocycles. The second-order valence-electron chi connectivity index (χ2n) is 3.64. The summed E-state index contributed by atoms with van der Waals surface area (Å²) in [5, 5.41) is 0.255. The van der Waals surface area contributed by atoms with Crippen LogP contribution in [0, 0.1) is 0 Å². The lowest BCUT2D eigenvalue weighted by molar-refractivity contribution is 0.102. The van der Waals surface area contributed by atoms with Gasteiger partial charge in [-0.3, -0.25) is 4.79 Å². The predicted molar refractivity (Wildman–Crippen MR) is 77.0 cm³/mol. The molecule has 0 amide bonds. The normalized spacial score (nSPS) is 10.4. The number of allylic oxidation sites excluding steroid dienone is 1. The first-order chi connectivity index (χ1) is 8.56. The summed E-state index contributed by atoms with van der Waals surface area (Å²) in [6, 6.07) is 3.40. The van der Waals surface area contributed by atoms with Gasteiger partial charge in [-0.05, 0) is 18.6 Å². The van der Waals surface area contributed by atoms with Gasteiger partial charge < -0.3 is 4.90 Å². The quantitative estimate of drug-likeness (QED) is 0.473. The summed E-state index contributed by atoms with van der Waals surface area (Å²) in [7, 11) is 3.77. The van der Waals surface area contributed by atoms with Crippen molar-refractivity contribution in [3.05, 3.63) is 40.8 Å². The third-order valence-corrected chi connectivity index (χ3v) is 2.39. The first-order valence-electron chi connectivity index (χ1n) is 6.08. The van der Waals surface area contributed by atoms with Crippen LogP contribution in [-0.4, -0.2) is 29.8 Å². The highest BCUT2D eigenvalue weighted by molar-refractivity contribution is 6.33. The molecule has 18 heavy (non-hydrogen) atoms. The summed E-state index contributed by atoms with van der Waals surface area (Å²) in [4.78, 5) is 17.9. The van der Waals surface area contributed by atoms with Crippen LogP contribution in [0.25, 0.3) is 0 Å². The Bertz CT molecular complexity index is 414. The maximum absolute atomic E-state index is 12.1. The van der Waals surface area contributed by atoms with Gasteiger partial charge in [-0.1, -0.05) is 32.4 Å². The van der Waals surface area contributed by atoms with Gasteiger partial charge >= 0.3 is 0 Å². The topological polar surface area (TPSA) is 33.2 Å². The van der Waals surface area contributed by atoms with Crippen LogP contribution in [0.15, 0.2) is 30.1 Å². The van der Waals surface area contributed by atoms with Crippen LogP contribution < -0.4 is 0 Å². The van der Waals surface area contributed by atoms with Crippen LogP contribution in [0.4, 0.5) is 0 Å². The van der Waals surface area contributed by atoms with E-state index >= 15 is 0 Å². The number of aromatic nitrogens is 1. The van der Waals surface area contributed by atoms with Crippen LogP contribution >= 0.6 is 11.6 Å². The Morgan fingerprint density at radius 1 is 1.44 bits per heavy atom. The molecule has 0 spiro atoms. The van der Waals surface area contributed by atoms with Crippen molar-refractivity contribution in [2.45, 2.75) is 27.2 Å². The molecule has 0 saturated heterocycles. The van der Waals surface area contributed by atoms with Crippen molar-refractivity contribution in [1.29, 1.82) is 0 Å². The number of ketones is 1. The number of pyridine rings is 1. The molecule has 0 radical (unpaired) electrons. The van der Waals surface area contributed by atoms with Gasteiger partial charge in [-0.25, -0.2) is 4.98 Å². The summed E-state index contributed by atoms with van der Waals surface area (Å²) in [6.07, 6.45) is 4.05. The molecule has 0 N–H and O–H groups in total. The highest BCUT2D eigenvalue weighted by Crippen LogP contribution is 2.18. The third-order valence-electron chi connectivity index (χ3n) is 2.09. The van der Waals surface area contributed by atoms with Crippen molar-refractivity contribution in [3.8, 4) is 0 Å². The third kappa shape index (κ3) is 4.88. The fourth-order valence-electron chi connectivity index (χ4n) is 1.35. The minimum absolute atomic E-state index is 0.0608. The fraction of sp³-hybridized carbons (Fsp3) is 0.429. The van der Waals surface area contributed by atoms with Crippen LogP contribution in [0.5, 0.6) is 0 Å². The van der Waals surface area contributed by atoms with Gasteiger partial charge in [0.2, 0.25) is 0 Å². The fourth-order valence-corrected chi connectivity index (χ4v) is 1.56. The lowest BCUT2D eigenvalue weighted by atomic mass is 10.0. The molecule has 0 atom stereocenters. The number of carbonyl (C=O) groups excluding carboxylic acids is 1. The van der Waals surface area contributed by atoms with E-state index < -0.39 is 0 Å². The zero-order chi connectivity index (χ0) is 14.1. The number of nitrogens with zero attached hydrogens (tertiary/aromatic N) is 2. The molecule has 1 aromatic heterocycles. The van der Waals surface area contributed by atoms with Gasteiger partial charge in [0.25, 0.3) is 0 Å². The molecule has 1 heterocycles. The van der Waals surface area contributed by atoms with Crippen molar-refractivity contribution in [3.63, 3.8) is 0 Å². The molecule has 0 saturated carbocycles. The van der Waals surface area contributed by atoms with E-state index in [4.69, 9.17) is 11.6 Å². The highest BCUT2D eigenvalue weighted by atomic mass is 35.5. The highest BCUT2D eigenvalue weighted by Gasteiger charge is 2.14. The maximum atomic E-state index is 12.1. The van der Waals surface area contributed by atoms with Crippen molar-refractivity contribution >= 4 is 17.4 Å². The number of hydrogen-bond acceptors (Lipinski definition) is 3. The lowest BCUT2D eigenvalue weighted by Gasteiger charge is -2.10. The Kier molecular flexibility index (Phi) is 8.05. The first-order valence-corrected chi connectivity index (χ1v) is 6.46. The molecule has 0 bridgehead atoms. The van der Waals surface area contributed by atoms with E-state index in [-0.39, 0.29) is 10.9 Å². The zero-order valence-electron chi connectivity index (χ0n) is 11.7. The standard InChI is InChI=1S/C12H15ClN2O.C2H6/c1-4-9(8-15(2)3)11(16)10-6-5-7-14-12(10)13;1-2/h5-8H,4H2,1-3H3;1-2H3/b9-8+;.